The fraction of sp³-hybridized carbons (Fsp3) is 0.357. The quantitative estimate of drug-likeness (QED) is 0.451. The van der Waals surface area contributed by atoms with Gasteiger partial charge in [0.25, 0.3) is 0 Å². The van der Waals surface area contributed by atoms with Crippen molar-refractivity contribution < 1.29 is 14.3 Å². The van der Waals surface area contributed by atoms with Gasteiger partial charge in [-0.25, -0.2) is 4.79 Å². The predicted octanol–water partition coefficient (Wildman–Crippen LogP) is 3.37. The van der Waals surface area contributed by atoms with E-state index in [4.69, 9.17) is 16.3 Å². The van der Waals surface area contributed by atoms with Crippen LogP contribution in [0.1, 0.15) is 18.9 Å². The van der Waals surface area contributed by atoms with Crippen LogP contribution >= 0.6 is 11.6 Å². The molecular weight excluding hydrogens is 252 g/mol. The van der Waals surface area contributed by atoms with E-state index in [1.165, 1.54) is 7.11 Å². The summed E-state index contributed by atoms with van der Waals surface area (Å²) < 4.78 is 10.1. The van der Waals surface area contributed by atoms with E-state index >= 15 is 0 Å². The van der Waals surface area contributed by atoms with Gasteiger partial charge < -0.3 is 9.47 Å². The molecule has 0 aliphatic rings. The zero-order valence-electron chi connectivity index (χ0n) is 10.6. The third kappa shape index (κ3) is 4.51. The van der Waals surface area contributed by atoms with Crippen LogP contribution in [0.4, 0.5) is 0 Å². The molecule has 1 aromatic carbocycles. The summed E-state index contributed by atoms with van der Waals surface area (Å²) in [4.78, 5) is 11.3. The first-order valence-electron chi connectivity index (χ1n) is 5.77. The smallest absolute Gasteiger partial charge is 0.333 e. The number of carbonyl (C=O) groups excluding carboxylic acids is 1. The van der Waals surface area contributed by atoms with Crippen molar-refractivity contribution >= 4 is 17.6 Å². The third-order valence-corrected chi connectivity index (χ3v) is 2.86. The second-order valence-electron chi connectivity index (χ2n) is 3.68. The summed E-state index contributed by atoms with van der Waals surface area (Å²) in [7, 11) is 1.37. The number of halogens is 1. The number of ether oxygens (including phenoxy) is 2. The van der Waals surface area contributed by atoms with Crippen LogP contribution in [0.3, 0.4) is 0 Å². The molecule has 0 saturated carbocycles. The minimum absolute atomic E-state index is 0.307. The lowest BCUT2D eigenvalue weighted by molar-refractivity contribution is -0.136. The van der Waals surface area contributed by atoms with Gasteiger partial charge in [0.2, 0.25) is 0 Å². The maximum atomic E-state index is 11.3. The van der Waals surface area contributed by atoms with Gasteiger partial charge >= 0.3 is 5.97 Å². The molecule has 0 atom stereocenters. The van der Waals surface area contributed by atoms with Crippen LogP contribution in [0, 0.1) is 0 Å². The highest BCUT2D eigenvalue weighted by Crippen LogP contribution is 2.15. The number of benzene rings is 1. The van der Waals surface area contributed by atoms with Crippen LogP contribution < -0.4 is 0 Å². The molecular formula is C14H17ClO3. The van der Waals surface area contributed by atoms with Crippen molar-refractivity contribution in [2.24, 2.45) is 0 Å². The molecule has 98 valence electrons. The monoisotopic (exact) mass is 268 g/mol. The maximum Gasteiger partial charge on any atom is 0.333 e. The summed E-state index contributed by atoms with van der Waals surface area (Å²) >= 11 is 6.00. The Labute approximate surface area is 112 Å². The van der Waals surface area contributed by atoms with Crippen LogP contribution in [0.5, 0.6) is 0 Å². The Morgan fingerprint density at radius 2 is 2.11 bits per heavy atom. The van der Waals surface area contributed by atoms with Gasteiger partial charge in [-0.3, -0.25) is 0 Å². The molecule has 0 saturated heterocycles. The molecule has 1 rings (SSSR count). The first-order valence-corrected chi connectivity index (χ1v) is 6.15. The Kier molecular flexibility index (Phi) is 6.47. The molecule has 18 heavy (non-hydrogen) atoms. The highest BCUT2D eigenvalue weighted by molar-refractivity contribution is 6.31. The lowest BCUT2D eigenvalue weighted by atomic mass is 10.2. The summed E-state index contributed by atoms with van der Waals surface area (Å²) in [6.45, 7) is 2.69. The summed E-state index contributed by atoms with van der Waals surface area (Å²) in [6, 6.07) is 7.51. The highest BCUT2D eigenvalue weighted by Gasteiger charge is 2.06. The topological polar surface area (TPSA) is 35.5 Å². The van der Waals surface area contributed by atoms with Crippen molar-refractivity contribution in [3.05, 3.63) is 46.5 Å². The first kappa shape index (κ1) is 14.7. The molecule has 0 aliphatic carbocycles. The van der Waals surface area contributed by atoms with Crippen molar-refractivity contribution in [3.8, 4) is 0 Å². The van der Waals surface area contributed by atoms with Crippen LogP contribution in [-0.4, -0.2) is 19.7 Å². The molecule has 0 aromatic heterocycles. The lowest BCUT2D eigenvalue weighted by Crippen LogP contribution is -2.05. The Balaban J connectivity index is 2.45. The lowest BCUT2D eigenvalue weighted by Gasteiger charge is -2.05. The van der Waals surface area contributed by atoms with Crippen LogP contribution in [-0.2, 0) is 20.9 Å². The van der Waals surface area contributed by atoms with Crippen molar-refractivity contribution in [2.45, 2.75) is 20.0 Å². The van der Waals surface area contributed by atoms with Crippen molar-refractivity contribution in [1.29, 1.82) is 0 Å². The summed E-state index contributed by atoms with van der Waals surface area (Å²) in [6.07, 6.45) is 2.37. The SMILES string of the molecule is CCC(=CCOCc1ccccc1Cl)C(=O)OC. The van der Waals surface area contributed by atoms with Gasteiger partial charge in [0, 0.05) is 10.6 Å². The van der Waals surface area contributed by atoms with Gasteiger partial charge in [0.05, 0.1) is 20.3 Å². The highest BCUT2D eigenvalue weighted by atomic mass is 35.5. The molecule has 0 unspecified atom stereocenters. The molecule has 4 heteroatoms. The van der Waals surface area contributed by atoms with Crippen LogP contribution in [0.2, 0.25) is 5.02 Å². The zero-order chi connectivity index (χ0) is 13.4. The molecule has 0 aliphatic heterocycles. The van der Waals surface area contributed by atoms with Crippen LogP contribution in [0.25, 0.3) is 0 Å². The molecule has 0 fully saturated rings. The average molecular weight is 269 g/mol. The second-order valence-corrected chi connectivity index (χ2v) is 4.09. The zero-order valence-corrected chi connectivity index (χ0v) is 11.4. The third-order valence-electron chi connectivity index (χ3n) is 2.49. The Morgan fingerprint density at radius 1 is 1.39 bits per heavy atom. The van der Waals surface area contributed by atoms with E-state index < -0.39 is 0 Å². The molecule has 1 aromatic rings. The number of hydrogen-bond donors (Lipinski definition) is 0. The Morgan fingerprint density at radius 3 is 2.72 bits per heavy atom. The Hall–Kier alpha value is -1.32. The van der Waals surface area contributed by atoms with Crippen molar-refractivity contribution in [1.82, 2.24) is 0 Å². The summed E-state index contributed by atoms with van der Waals surface area (Å²) in [5, 5.41) is 0.685. The number of hydrogen-bond acceptors (Lipinski definition) is 3. The van der Waals surface area contributed by atoms with E-state index in [1.54, 1.807) is 6.08 Å². The summed E-state index contributed by atoms with van der Waals surface area (Å²) in [5.74, 6) is -0.307. The van der Waals surface area contributed by atoms with E-state index in [0.717, 1.165) is 5.56 Å². The number of carbonyl (C=O) groups is 1. The molecule has 0 amide bonds. The molecule has 0 bridgehead atoms. The van der Waals surface area contributed by atoms with E-state index in [-0.39, 0.29) is 5.97 Å². The molecule has 0 N–H and O–H groups in total. The molecule has 3 nitrogen and oxygen atoms in total. The van der Waals surface area contributed by atoms with Crippen LogP contribution in [0.15, 0.2) is 35.9 Å². The van der Waals surface area contributed by atoms with Gasteiger partial charge in [-0.2, -0.15) is 0 Å². The Bertz CT molecular complexity index is 427. The second kappa shape index (κ2) is 7.90. The fourth-order valence-electron chi connectivity index (χ4n) is 1.45. The fourth-order valence-corrected chi connectivity index (χ4v) is 1.64. The number of methoxy groups -OCH3 is 1. The van der Waals surface area contributed by atoms with E-state index in [1.807, 2.05) is 31.2 Å². The van der Waals surface area contributed by atoms with Gasteiger partial charge in [-0.1, -0.05) is 36.7 Å². The first-order chi connectivity index (χ1) is 8.69. The molecule has 0 heterocycles. The maximum absolute atomic E-state index is 11.3. The van der Waals surface area contributed by atoms with E-state index in [2.05, 4.69) is 4.74 Å². The number of rotatable bonds is 6. The standard InChI is InChI=1S/C14H17ClO3/c1-3-11(14(16)17-2)8-9-18-10-12-6-4-5-7-13(12)15/h4-8H,3,9-10H2,1-2H3. The normalized spacial score (nSPS) is 11.4. The molecule has 0 spiro atoms. The minimum atomic E-state index is -0.307. The predicted molar refractivity (Wildman–Crippen MR) is 71.5 cm³/mol. The van der Waals surface area contributed by atoms with E-state index in [0.29, 0.717) is 30.2 Å². The number of esters is 1. The van der Waals surface area contributed by atoms with Crippen molar-refractivity contribution in [3.63, 3.8) is 0 Å². The van der Waals surface area contributed by atoms with Crippen molar-refractivity contribution in [2.75, 3.05) is 13.7 Å². The van der Waals surface area contributed by atoms with Gasteiger partial charge in [0.15, 0.2) is 0 Å². The minimum Gasteiger partial charge on any atom is -0.466 e. The largest absolute Gasteiger partial charge is 0.466 e. The molecule has 0 radical (unpaired) electrons. The van der Waals surface area contributed by atoms with Gasteiger partial charge in [-0.05, 0) is 24.1 Å². The van der Waals surface area contributed by atoms with E-state index in [9.17, 15) is 4.79 Å². The average Bonchev–Trinajstić information content (AvgIpc) is 2.40. The van der Waals surface area contributed by atoms with Gasteiger partial charge in [0.1, 0.15) is 0 Å². The summed E-state index contributed by atoms with van der Waals surface area (Å²) in [5.41, 5.74) is 1.56. The van der Waals surface area contributed by atoms with Gasteiger partial charge in [-0.15, -0.1) is 0 Å².